The van der Waals surface area contributed by atoms with Gasteiger partial charge in [-0.3, -0.25) is 0 Å². The van der Waals surface area contributed by atoms with Crippen molar-refractivity contribution >= 4 is 11.3 Å². The molecule has 0 amide bonds. The molecule has 0 aliphatic heterocycles. The van der Waals surface area contributed by atoms with Gasteiger partial charge in [0.15, 0.2) is 0 Å². The van der Waals surface area contributed by atoms with Crippen molar-refractivity contribution in [2.75, 3.05) is 20.6 Å². The van der Waals surface area contributed by atoms with E-state index in [1.165, 1.54) is 30.6 Å². The van der Waals surface area contributed by atoms with E-state index in [1.807, 2.05) is 11.3 Å². The second-order valence-electron chi connectivity index (χ2n) is 5.69. The minimum absolute atomic E-state index is 0.519. The average molecular weight is 266 g/mol. The topological polar surface area (TPSA) is 15.3 Å². The molecule has 3 heteroatoms. The quantitative estimate of drug-likeness (QED) is 0.847. The van der Waals surface area contributed by atoms with Gasteiger partial charge < -0.3 is 10.2 Å². The van der Waals surface area contributed by atoms with Crippen molar-refractivity contribution in [3.05, 3.63) is 22.4 Å². The Hall–Kier alpha value is -0.380. The highest BCUT2D eigenvalue weighted by atomic mass is 32.1. The first-order chi connectivity index (χ1) is 8.70. The van der Waals surface area contributed by atoms with Crippen LogP contribution < -0.4 is 5.32 Å². The summed E-state index contributed by atoms with van der Waals surface area (Å²) in [4.78, 5) is 3.79. The molecule has 0 radical (unpaired) electrons. The molecular formula is C15H26N2S. The Bertz CT molecular complexity index is 334. The normalized spacial score (nSPS) is 25.8. The Morgan fingerprint density at radius 1 is 1.44 bits per heavy atom. The molecule has 1 N–H and O–H groups in total. The minimum atomic E-state index is 0.519. The van der Waals surface area contributed by atoms with Crippen LogP contribution in [0, 0.1) is 5.92 Å². The monoisotopic (exact) mass is 266 g/mol. The Kier molecular flexibility index (Phi) is 5.22. The molecule has 0 aromatic carbocycles. The zero-order valence-electron chi connectivity index (χ0n) is 11.9. The highest BCUT2D eigenvalue weighted by Crippen LogP contribution is 2.29. The molecule has 1 fully saturated rings. The van der Waals surface area contributed by atoms with Gasteiger partial charge in [0.25, 0.3) is 0 Å². The molecule has 18 heavy (non-hydrogen) atoms. The molecule has 0 bridgehead atoms. The number of nitrogens with one attached hydrogen (secondary N) is 1. The first kappa shape index (κ1) is 14.0. The van der Waals surface area contributed by atoms with E-state index >= 15 is 0 Å². The smallest absolute Gasteiger partial charge is 0.0561 e. The standard InChI is InChI=1S/C15H26N2S/c1-4-12-7-8-13(10-12)16-11-14(17(2)3)15-6-5-9-18-15/h5-6,9,12-14,16H,4,7-8,10-11H2,1-3H3. The maximum absolute atomic E-state index is 3.78. The second kappa shape index (κ2) is 6.69. The van der Waals surface area contributed by atoms with Gasteiger partial charge in [0, 0.05) is 17.5 Å². The third-order valence-corrected chi connectivity index (χ3v) is 5.19. The Morgan fingerprint density at radius 3 is 2.83 bits per heavy atom. The van der Waals surface area contributed by atoms with Crippen LogP contribution in [-0.2, 0) is 0 Å². The zero-order valence-corrected chi connectivity index (χ0v) is 12.7. The molecule has 1 aromatic rings. The molecule has 3 atom stereocenters. The lowest BCUT2D eigenvalue weighted by atomic mass is 10.1. The number of rotatable bonds is 6. The predicted molar refractivity (Wildman–Crippen MR) is 80.2 cm³/mol. The van der Waals surface area contributed by atoms with Gasteiger partial charge in [0.05, 0.1) is 6.04 Å². The summed E-state index contributed by atoms with van der Waals surface area (Å²) in [5.41, 5.74) is 0. The van der Waals surface area contributed by atoms with Crippen LogP contribution >= 0.6 is 11.3 Å². The van der Waals surface area contributed by atoms with E-state index in [1.54, 1.807) is 0 Å². The maximum Gasteiger partial charge on any atom is 0.0561 e. The average Bonchev–Trinajstić information content (AvgIpc) is 2.99. The summed E-state index contributed by atoms with van der Waals surface area (Å²) in [6.07, 6.45) is 5.50. The molecule has 3 unspecified atom stereocenters. The largest absolute Gasteiger partial charge is 0.312 e. The van der Waals surface area contributed by atoms with Crippen LogP contribution in [0.1, 0.15) is 43.5 Å². The van der Waals surface area contributed by atoms with Crippen molar-refractivity contribution in [1.82, 2.24) is 10.2 Å². The summed E-state index contributed by atoms with van der Waals surface area (Å²) < 4.78 is 0. The highest BCUT2D eigenvalue weighted by molar-refractivity contribution is 7.10. The van der Waals surface area contributed by atoms with Crippen LogP contribution in [0.4, 0.5) is 0 Å². The third kappa shape index (κ3) is 3.56. The molecule has 0 saturated heterocycles. The first-order valence-electron chi connectivity index (χ1n) is 7.14. The van der Waals surface area contributed by atoms with E-state index in [0.717, 1.165) is 18.5 Å². The summed E-state index contributed by atoms with van der Waals surface area (Å²) in [5, 5.41) is 5.96. The lowest BCUT2D eigenvalue weighted by molar-refractivity contribution is 0.282. The van der Waals surface area contributed by atoms with Crippen molar-refractivity contribution in [3.8, 4) is 0 Å². The van der Waals surface area contributed by atoms with E-state index in [4.69, 9.17) is 0 Å². The lowest BCUT2D eigenvalue weighted by Crippen LogP contribution is -2.35. The predicted octanol–water partition coefficient (Wildman–Crippen LogP) is 3.52. The van der Waals surface area contributed by atoms with Crippen molar-refractivity contribution in [2.24, 2.45) is 5.92 Å². The lowest BCUT2D eigenvalue weighted by Gasteiger charge is -2.25. The fourth-order valence-corrected chi connectivity index (χ4v) is 3.85. The van der Waals surface area contributed by atoms with Crippen molar-refractivity contribution < 1.29 is 0 Å². The van der Waals surface area contributed by atoms with Crippen molar-refractivity contribution in [1.29, 1.82) is 0 Å². The zero-order chi connectivity index (χ0) is 13.0. The summed E-state index contributed by atoms with van der Waals surface area (Å²) in [5.74, 6) is 0.960. The maximum atomic E-state index is 3.78. The van der Waals surface area contributed by atoms with Crippen LogP contribution in [0.3, 0.4) is 0 Å². The van der Waals surface area contributed by atoms with Crippen LogP contribution in [0.5, 0.6) is 0 Å². The Labute approximate surface area is 115 Å². The number of hydrogen-bond donors (Lipinski definition) is 1. The summed E-state index contributed by atoms with van der Waals surface area (Å²) >= 11 is 1.87. The van der Waals surface area contributed by atoms with E-state index in [0.29, 0.717) is 6.04 Å². The van der Waals surface area contributed by atoms with E-state index in [-0.39, 0.29) is 0 Å². The molecule has 102 valence electrons. The van der Waals surface area contributed by atoms with Crippen LogP contribution in [0.25, 0.3) is 0 Å². The number of thiophene rings is 1. The molecule has 1 saturated carbocycles. The highest BCUT2D eigenvalue weighted by Gasteiger charge is 2.24. The van der Waals surface area contributed by atoms with Gasteiger partial charge in [-0.25, -0.2) is 0 Å². The minimum Gasteiger partial charge on any atom is -0.312 e. The molecule has 0 spiro atoms. The number of likely N-dealkylation sites (N-methyl/N-ethyl adjacent to an activating group) is 1. The van der Waals surface area contributed by atoms with Gasteiger partial charge >= 0.3 is 0 Å². The molecule has 1 heterocycles. The van der Waals surface area contributed by atoms with Gasteiger partial charge in [0.1, 0.15) is 0 Å². The van der Waals surface area contributed by atoms with Crippen molar-refractivity contribution in [3.63, 3.8) is 0 Å². The van der Waals surface area contributed by atoms with Crippen LogP contribution in [-0.4, -0.2) is 31.6 Å². The second-order valence-corrected chi connectivity index (χ2v) is 6.67. The first-order valence-corrected chi connectivity index (χ1v) is 8.01. The van der Waals surface area contributed by atoms with E-state index < -0.39 is 0 Å². The van der Waals surface area contributed by atoms with E-state index in [2.05, 4.69) is 48.7 Å². The van der Waals surface area contributed by atoms with Crippen molar-refractivity contribution in [2.45, 2.75) is 44.7 Å². The number of hydrogen-bond acceptors (Lipinski definition) is 3. The number of nitrogens with zero attached hydrogens (tertiary/aromatic N) is 1. The Morgan fingerprint density at radius 2 is 2.28 bits per heavy atom. The van der Waals surface area contributed by atoms with Gasteiger partial charge in [-0.1, -0.05) is 19.4 Å². The fraction of sp³-hybridized carbons (Fsp3) is 0.733. The van der Waals surface area contributed by atoms with Gasteiger partial charge in [-0.15, -0.1) is 11.3 Å². The molecule has 2 nitrogen and oxygen atoms in total. The van der Waals surface area contributed by atoms with E-state index in [9.17, 15) is 0 Å². The molecule has 2 rings (SSSR count). The summed E-state index contributed by atoms with van der Waals surface area (Å²) in [7, 11) is 4.35. The van der Waals surface area contributed by atoms with Crippen LogP contribution in [0.2, 0.25) is 0 Å². The SMILES string of the molecule is CCC1CCC(NCC(c2cccs2)N(C)C)C1. The summed E-state index contributed by atoms with van der Waals surface area (Å²) in [6, 6.07) is 5.67. The van der Waals surface area contributed by atoms with Gasteiger partial charge in [-0.2, -0.15) is 0 Å². The molecule has 1 aromatic heterocycles. The fourth-order valence-electron chi connectivity index (χ4n) is 2.93. The van der Waals surface area contributed by atoms with Gasteiger partial charge in [0.2, 0.25) is 0 Å². The summed E-state index contributed by atoms with van der Waals surface area (Å²) in [6.45, 7) is 3.40. The molecule has 1 aliphatic rings. The van der Waals surface area contributed by atoms with Gasteiger partial charge in [-0.05, 0) is 50.7 Å². The molecule has 1 aliphatic carbocycles. The third-order valence-electron chi connectivity index (χ3n) is 4.21. The molecular weight excluding hydrogens is 240 g/mol. The Balaban J connectivity index is 1.84. The van der Waals surface area contributed by atoms with Crippen LogP contribution in [0.15, 0.2) is 17.5 Å².